The molecule has 4 nitrogen and oxygen atoms in total. The quantitative estimate of drug-likeness (QED) is 0.711. The van der Waals surface area contributed by atoms with Crippen molar-refractivity contribution in [3.63, 3.8) is 0 Å². The predicted octanol–water partition coefficient (Wildman–Crippen LogP) is 3.79. The third kappa shape index (κ3) is 2.06. The first-order valence-electron chi connectivity index (χ1n) is 5.99. The van der Waals surface area contributed by atoms with Crippen LogP contribution in [0.2, 0.25) is 0 Å². The average Bonchev–Trinajstić information content (AvgIpc) is 2.96. The van der Waals surface area contributed by atoms with E-state index in [0.717, 1.165) is 38.2 Å². The van der Waals surface area contributed by atoms with Gasteiger partial charge in [0.25, 0.3) is 0 Å². The van der Waals surface area contributed by atoms with E-state index in [4.69, 9.17) is 4.52 Å². The predicted molar refractivity (Wildman–Crippen MR) is 75.1 cm³/mol. The van der Waals surface area contributed by atoms with Crippen LogP contribution in [-0.2, 0) is 0 Å². The minimum atomic E-state index is 0.825. The Bertz CT molecular complexity index is 710. The van der Waals surface area contributed by atoms with Crippen molar-refractivity contribution in [3.05, 3.63) is 40.7 Å². The van der Waals surface area contributed by atoms with Gasteiger partial charge in [0.15, 0.2) is 0 Å². The molecule has 96 valence electrons. The molecule has 19 heavy (non-hydrogen) atoms. The highest BCUT2D eigenvalue weighted by Gasteiger charge is 2.17. The van der Waals surface area contributed by atoms with Crippen LogP contribution in [-0.4, -0.2) is 15.4 Å². The average molecular weight is 271 g/mol. The monoisotopic (exact) mass is 271 g/mol. The Balaban J connectivity index is 2.23. The van der Waals surface area contributed by atoms with E-state index < -0.39 is 0 Å². The molecule has 0 saturated carbocycles. The lowest BCUT2D eigenvalue weighted by molar-refractivity contribution is 0.393. The van der Waals surface area contributed by atoms with Crippen LogP contribution in [0.15, 0.2) is 28.8 Å². The van der Waals surface area contributed by atoms with Crippen LogP contribution in [0.1, 0.15) is 16.5 Å². The molecule has 2 heterocycles. The summed E-state index contributed by atoms with van der Waals surface area (Å²) in [6, 6.07) is 8.14. The summed E-state index contributed by atoms with van der Waals surface area (Å²) in [6.07, 6.45) is 0. The normalized spacial score (nSPS) is 10.9. The van der Waals surface area contributed by atoms with Crippen molar-refractivity contribution < 1.29 is 4.52 Å². The van der Waals surface area contributed by atoms with Crippen molar-refractivity contribution in [1.29, 1.82) is 0 Å². The van der Waals surface area contributed by atoms with E-state index in [1.165, 1.54) is 0 Å². The van der Waals surface area contributed by atoms with Gasteiger partial charge >= 0.3 is 0 Å². The van der Waals surface area contributed by atoms with Gasteiger partial charge in [0, 0.05) is 11.1 Å². The number of aryl methyl sites for hydroxylation is 3. The van der Waals surface area contributed by atoms with Crippen molar-refractivity contribution in [2.45, 2.75) is 20.8 Å². The Labute approximate surface area is 115 Å². The largest absolute Gasteiger partial charge is 0.361 e. The van der Waals surface area contributed by atoms with Crippen LogP contribution in [0, 0.1) is 20.8 Å². The standard InChI is InChI=1S/C14H13N3OS/c1-8-13(9(2)18-17-8)11-6-4-5-7-12(11)14-16-15-10(3)19-14/h4-7H,1-3H3. The summed E-state index contributed by atoms with van der Waals surface area (Å²) >= 11 is 1.59. The lowest BCUT2D eigenvalue weighted by Gasteiger charge is -2.05. The Morgan fingerprint density at radius 1 is 1.00 bits per heavy atom. The SMILES string of the molecule is Cc1nnc(-c2ccccc2-c2c(C)noc2C)s1. The molecule has 0 fully saturated rings. The number of aromatic nitrogens is 3. The van der Waals surface area contributed by atoms with E-state index >= 15 is 0 Å². The lowest BCUT2D eigenvalue weighted by atomic mass is 9.99. The zero-order chi connectivity index (χ0) is 13.4. The molecule has 0 unspecified atom stereocenters. The van der Waals surface area contributed by atoms with Crippen molar-refractivity contribution in [1.82, 2.24) is 15.4 Å². The summed E-state index contributed by atoms with van der Waals surface area (Å²) in [4.78, 5) is 0. The van der Waals surface area contributed by atoms with Gasteiger partial charge in [0.1, 0.15) is 15.8 Å². The van der Waals surface area contributed by atoms with E-state index in [1.54, 1.807) is 11.3 Å². The third-order valence-electron chi connectivity index (χ3n) is 2.99. The molecular formula is C14H13N3OS. The molecule has 0 aliphatic carbocycles. The maximum atomic E-state index is 5.26. The molecule has 0 aliphatic rings. The van der Waals surface area contributed by atoms with Gasteiger partial charge in [-0.3, -0.25) is 0 Å². The zero-order valence-corrected chi connectivity index (χ0v) is 11.8. The molecule has 0 spiro atoms. The van der Waals surface area contributed by atoms with Crippen LogP contribution < -0.4 is 0 Å². The molecular weight excluding hydrogens is 258 g/mol. The van der Waals surface area contributed by atoms with Gasteiger partial charge in [-0.25, -0.2) is 0 Å². The smallest absolute Gasteiger partial charge is 0.148 e. The lowest BCUT2D eigenvalue weighted by Crippen LogP contribution is -1.87. The summed E-state index contributed by atoms with van der Waals surface area (Å²) in [5.41, 5.74) is 4.10. The maximum absolute atomic E-state index is 5.26. The second kappa shape index (κ2) is 4.59. The highest BCUT2D eigenvalue weighted by Crippen LogP contribution is 2.36. The Morgan fingerprint density at radius 2 is 1.74 bits per heavy atom. The summed E-state index contributed by atoms with van der Waals surface area (Å²) in [7, 11) is 0. The summed E-state index contributed by atoms with van der Waals surface area (Å²) < 4.78 is 5.26. The first-order valence-corrected chi connectivity index (χ1v) is 6.81. The second-order valence-corrected chi connectivity index (χ2v) is 5.55. The van der Waals surface area contributed by atoms with Gasteiger partial charge in [-0.1, -0.05) is 40.8 Å². The molecule has 2 aromatic heterocycles. The zero-order valence-electron chi connectivity index (χ0n) is 11.0. The number of benzene rings is 1. The minimum Gasteiger partial charge on any atom is -0.361 e. The van der Waals surface area contributed by atoms with Gasteiger partial charge in [-0.05, 0) is 26.3 Å². The molecule has 0 aliphatic heterocycles. The van der Waals surface area contributed by atoms with Gasteiger partial charge in [-0.15, -0.1) is 10.2 Å². The Kier molecular flexibility index (Phi) is 2.91. The number of nitrogens with zero attached hydrogens (tertiary/aromatic N) is 3. The summed E-state index contributed by atoms with van der Waals surface area (Å²) in [6.45, 7) is 5.84. The van der Waals surface area contributed by atoms with Gasteiger partial charge < -0.3 is 4.52 Å². The summed E-state index contributed by atoms with van der Waals surface area (Å²) in [5.74, 6) is 0.825. The fourth-order valence-electron chi connectivity index (χ4n) is 2.16. The van der Waals surface area contributed by atoms with Crippen molar-refractivity contribution >= 4 is 11.3 Å². The molecule has 3 rings (SSSR count). The van der Waals surface area contributed by atoms with Crippen LogP contribution in [0.5, 0.6) is 0 Å². The topological polar surface area (TPSA) is 51.8 Å². The molecule has 3 aromatic rings. The molecule has 0 saturated heterocycles. The van der Waals surface area contributed by atoms with Gasteiger partial charge in [-0.2, -0.15) is 0 Å². The van der Waals surface area contributed by atoms with E-state index in [0.29, 0.717) is 0 Å². The van der Waals surface area contributed by atoms with E-state index in [1.807, 2.05) is 32.9 Å². The molecule has 0 amide bonds. The van der Waals surface area contributed by atoms with Crippen molar-refractivity contribution in [2.24, 2.45) is 0 Å². The molecule has 1 aromatic carbocycles. The second-order valence-electron chi connectivity index (χ2n) is 4.37. The fraction of sp³-hybridized carbons (Fsp3) is 0.214. The van der Waals surface area contributed by atoms with Crippen LogP contribution in [0.4, 0.5) is 0 Å². The number of hydrogen-bond donors (Lipinski definition) is 0. The fourth-order valence-corrected chi connectivity index (χ4v) is 2.89. The van der Waals surface area contributed by atoms with Gasteiger partial charge in [0.05, 0.1) is 5.69 Å². The molecule has 0 bridgehead atoms. The molecule has 0 N–H and O–H groups in total. The maximum Gasteiger partial charge on any atom is 0.148 e. The molecule has 5 heteroatoms. The first-order chi connectivity index (χ1) is 9.16. The van der Waals surface area contributed by atoms with Crippen molar-refractivity contribution in [2.75, 3.05) is 0 Å². The third-order valence-corrected chi connectivity index (χ3v) is 3.86. The number of rotatable bonds is 2. The molecule has 0 atom stereocenters. The van der Waals surface area contributed by atoms with E-state index in [-0.39, 0.29) is 0 Å². The van der Waals surface area contributed by atoms with E-state index in [9.17, 15) is 0 Å². The highest BCUT2D eigenvalue weighted by molar-refractivity contribution is 7.14. The minimum absolute atomic E-state index is 0.825. The van der Waals surface area contributed by atoms with Crippen LogP contribution in [0.25, 0.3) is 21.7 Å². The Morgan fingerprint density at radius 3 is 2.32 bits per heavy atom. The van der Waals surface area contributed by atoms with Crippen LogP contribution in [0.3, 0.4) is 0 Å². The van der Waals surface area contributed by atoms with Gasteiger partial charge in [0.2, 0.25) is 0 Å². The van der Waals surface area contributed by atoms with Crippen molar-refractivity contribution in [3.8, 4) is 21.7 Å². The van der Waals surface area contributed by atoms with E-state index in [2.05, 4.69) is 27.5 Å². The Hall–Kier alpha value is -2.01. The summed E-state index contributed by atoms with van der Waals surface area (Å²) in [5, 5.41) is 14.2. The molecule has 0 radical (unpaired) electrons. The first kappa shape index (κ1) is 12.0. The number of hydrogen-bond acceptors (Lipinski definition) is 5. The van der Waals surface area contributed by atoms with Crippen LogP contribution >= 0.6 is 11.3 Å². The highest BCUT2D eigenvalue weighted by atomic mass is 32.1.